The van der Waals surface area contributed by atoms with Crippen molar-refractivity contribution in [3.8, 4) is 0 Å². The van der Waals surface area contributed by atoms with Gasteiger partial charge in [-0.25, -0.2) is 4.79 Å². The smallest absolute Gasteiger partial charge is 0.361 e. The van der Waals surface area contributed by atoms with Crippen molar-refractivity contribution in [2.45, 2.75) is 289 Å². The maximum atomic E-state index is 12.9. The van der Waals surface area contributed by atoms with Crippen molar-refractivity contribution in [1.82, 2.24) is 0 Å². The van der Waals surface area contributed by atoms with Gasteiger partial charge in [-0.1, -0.05) is 230 Å². The van der Waals surface area contributed by atoms with E-state index >= 15 is 0 Å². The number of allylic oxidation sites excluding steroid dienone is 6. The quantitative estimate of drug-likeness (QED) is 0.0211. The molecule has 0 aliphatic heterocycles. The van der Waals surface area contributed by atoms with Crippen LogP contribution in [0, 0.1) is 0 Å². The largest absolute Gasteiger partial charge is 0.477 e. The number of carboxylic acid groups (broad SMARTS) is 1. The fourth-order valence-electron chi connectivity index (χ4n) is 8.51. The first kappa shape index (κ1) is 67.5. The third kappa shape index (κ3) is 53.3. The second-order valence-corrected chi connectivity index (χ2v) is 21.3. The molecule has 0 aromatic rings. The molecule has 0 amide bonds. The average Bonchev–Trinajstić information content (AvgIpc) is 3.33. The standard InChI is InChI=1S/C61H113NO8/c1-6-8-10-12-14-16-18-20-21-22-23-24-25-26-27-28-29-30-31-32-33-34-35-36-37-38-39-40-42-44-46-48-50-52-59(64)70-57(56-69-61(60(65)66)67-54-53-62(3,4)5)55-68-58(63)51-49-47-45-43-41-19-17-15-13-11-9-7-2/h15,17-18,20,22-23,57,61H,6-14,16,19,21,24-56H2,1-5H3/p+1/b17-15-,20-18-,23-22-. The van der Waals surface area contributed by atoms with Crippen molar-refractivity contribution < 1.29 is 42.9 Å². The molecule has 0 rings (SSSR count). The predicted molar refractivity (Wildman–Crippen MR) is 295 cm³/mol. The van der Waals surface area contributed by atoms with Gasteiger partial charge in [0, 0.05) is 12.8 Å². The van der Waals surface area contributed by atoms with E-state index in [9.17, 15) is 19.5 Å². The molecule has 0 aliphatic rings. The van der Waals surface area contributed by atoms with Gasteiger partial charge in [-0.05, 0) is 70.6 Å². The van der Waals surface area contributed by atoms with E-state index in [0.29, 0.717) is 17.4 Å². The summed E-state index contributed by atoms with van der Waals surface area (Å²) in [6.07, 6.45) is 61.0. The summed E-state index contributed by atoms with van der Waals surface area (Å²) in [6.45, 7) is 4.86. The molecule has 0 aromatic heterocycles. The number of esters is 2. The van der Waals surface area contributed by atoms with Crippen LogP contribution in [0.3, 0.4) is 0 Å². The topological polar surface area (TPSA) is 108 Å². The number of aliphatic carboxylic acids is 1. The summed E-state index contributed by atoms with van der Waals surface area (Å²) in [5.74, 6) is -2.00. The Labute approximate surface area is 432 Å². The number of ether oxygens (including phenoxy) is 4. The highest BCUT2D eigenvalue weighted by molar-refractivity contribution is 5.71. The second-order valence-electron chi connectivity index (χ2n) is 21.3. The zero-order valence-electron chi connectivity index (χ0n) is 46.7. The van der Waals surface area contributed by atoms with Crippen LogP contribution in [-0.4, -0.2) is 87.4 Å². The lowest BCUT2D eigenvalue weighted by atomic mass is 10.0. The van der Waals surface area contributed by atoms with Crippen molar-refractivity contribution in [2.75, 3.05) is 47.5 Å². The van der Waals surface area contributed by atoms with E-state index < -0.39 is 24.3 Å². The predicted octanol–water partition coefficient (Wildman–Crippen LogP) is 17.3. The molecular weight excluding hydrogens is 875 g/mol. The number of carbonyl (C=O) groups excluding carboxylic acids is 2. The van der Waals surface area contributed by atoms with Crippen molar-refractivity contribution in [2.24, 2.45) is 0 Å². The van der Waals surface area contributed by atoms with Crippen LogP contribution in [-0.2, 0) is 33.3 Å². The van der Waals surface area contributed by atoms with E-state index in [1.807, 2.05) is 21.1 Å². The number of carboxylic acids is 1. The first-order valence-electron chi connectivity index (χ1n) is 29.7. The lowest BCUT2D eigenvalue weighted by molar-refractivity contribution is -0.870. The lowest BCUT2D eigenvalue weighted by Gasteiger charge is -2.25. The Kier molecular flexibility index (Phi) is 50.9. The maximum absolute atomic E-state index is 12.9. The Bertz CT molecular complexity index is 1240. The molecule has 1 N–H and O–H groups in total. The van der Waals surface area contributed by atoms with E-state index in [2.05, 4.69) is 50.3 Å². The van der Waals surface area contributed by atoms with E-state index in [4.69, 9.17) is 18.9 Å². The highest BCUT2D eigenvalue weighted by atomic mass is 16.7. The summed E-state index contributed by atoms with van der Waals surface area (Å²) in [6, 6.07) is 0. The summed E-state index contributed by atoms with van der Waals surface area (Å²) >= 11 is 0. The van der Waals surface area contributed by atoms with Gasteiger partial charge >= 0.3 is 17.9 Å². The Hall–Kier alpha value is -2.49. The SMILES string of the molecule is CCCCC/C=C\CCCCCCCC(=O)OCC(COC(OCC[N+](C)(C)C)C(=O)O)OC(=O)CCCCCCCCCCCCCCCCCCCCCCC/C=C\C/C=C\CCCCCCC. The monoisotopic (exact) mass is 989 g/mol. The van der Waals surface area contributed by atoms with Crippen LogP contribution in [0.4, 0.5) is 0 Å². The van der Waals surface area contributed by atoms with Gasteiger partial charge in [0.1, 0.15) is 13.2 Å². The zero-order chi connectivity index (χ0) is 51.3. The molecule has 9 heteroatoms. The minimum absolute atomic E-state index is 0.183. The zero-order valence-corrected chi connectivity index (χ0v) is 46.7. The molecule has 70 heavy (non-hydrogen) atoms. The minimum atomic E-state index is -1.51. The summed E-state index contributed by atoms with van der Waals surface area (Å²) in [4.78, 5) is 37.3. The van der Waals surface area contributed by atoms with Crippen molar-refractivity contribution in [3.05, 3.63) is 36.5 Å². The molecule has 0 saturated carbocycles. The molecule has 9 nitrogen and oxygen atoms in total. The molecule has 0 saturated heterocycles. The van der Waals surface area contributed by atoms with E-state index in [1.165, 1.54) is 186 Å². The van der Waals surface area contributed by atoms with Crippen LogP contribution in [0.25, 0.3) is 0 Å². The molecule has 2 unspecified atom stereocenters. The van der Waals surface area contributed by atoms with Gasteiger partial charge < -0.3 is 28.5 Å². The van der Waals surface area contributed by atoms with Crippen LogP contribution in [0.5, 0.6) is 0 Å². The number of quaternary nitrogens is 1. The molecule has 0 aliphatic carbocycles. The van der Waals surface area contributed by atoms with Gasteiger partial charge in [0.25, 0.3) is 6.29 Å². The summed E-state index contributed by atoms with van der Waals surface area (Å²) in [5.41, 5.74) is 0. The Morgan fingerprint density at radius 1 is 0.429 bits per heavy atom. The van der Waals surface area contributed by atoms with Gasteiger partial charge in [0.15, 0.2) is 6.10 Å². The molecule has 410 valence electrons. The van der Waals surface area contributed by atoms with E-state index in [1.54, 1.807) is 0 Å². The Morgan fingerprint density at radius 3 is 1.17 bits per heavy atom. The minimum Gasteiger partial charge on any atom is -0.477 e. The van der Waals surface area contributed by atoms with Crippen LogP contribution < -0.4 is 0 Å². The fraction of sp³-hybridized carbons (Fsp3) is 0.852. The van der Waals surface area contributed by atoms with Crippen molar-refractivity contribution in [3.63, 3.8) is 0 Å². The van der Waals surface area contributed by atoms with Gasteiger partial charge in [-0.2, -0.15) is 0 Å². The summed E-state index contributed by atoms with van der Waals surface area (Å²) in [5, 5.41) is 9.68. The first-order valence-corrected chi connectivity index (χ1v) is 29.7. The number of hydrogen-bond donors (Lipinski definition) is 1. The highest BCUT2D eigenvalue weighted by Gasteiger charge is 2.25. The van der Waals surface area contributed by atoms with Gasteiger partial charge in [-0.3, -0.25) is 9.59 Å². The number of rotatable bonds is 55. The molecule has 0 fully saturated rings. The van der Waals surface area contributed by atoms with Crippen LogP contribution >= 0.6 is 0 Å². The van der Waals surface area contributed by atoms with Gasteiger partial charge in [0.2, 0.25) is 0 Å². The van der Waals surface area contributed by atoms with Crippen LogP contribution in [0.2, 0.25) is 0 Å². The highest BCUT2D eigenvalue weighted by Crippen LogP contribution is 2.17. The number of nitrogens with zero attached hydrogens (tertiary/aromatic N) is 1. The fourth-order valence-corrected chi connectivity index (χ4v) is 8.51. The molecule has 0 radical (unpaired) electrons. The summed E-state index contributed by atoms with van der Waals surface area (Å²) in [7, 11) is 5.97. The van der Waals surface area contributed by atoms with E-state index in [0.717, 1.165) is 64.2 Å². The normalized spacial score (nSPS) is 13.0. The average molecular weight is 990 g/mol. The molecule has 2 atom stereocenters. The van der Waals surface area contributed by atoms with Gasteiger partial charge in [0.05, 0.1) is 34.4 Å². The molecule has 0 aromatic carbocycles. The number of carbonyl (C=O) groups is 3. The first-order chi connectivity index (χ1) is 34.1. The Morgan fingerprint density at radius 2 is 0.771 bits per heavy atom. The third-order valence-corrected chi connectivity index (χ3v) is 13.1. The molecule has 0 bridgehead atoms. The maximum Gasteiger partial charge on any atom is 0.361 e. The third-order valence-electron chi connectivity index (χ3n) is 13.1. The van der Waals surface area contributed by atoms with Gasteiger partial charge in [-0.15, -0.1) is 0 Å². The molecule has 0 heterocycles. The summed E-state index contributed by atoms with van der Waals surface area (Å²) < 4.78 is 22.8. The number of likely N-dealkylation sites (N-methyl/N-ethyl adjacent to an activating group) is 1. The lowest BCUT2D eigenvalue weighted by Crippen LogP contribution is -2.40. The van der Waals surface area contributed by atoms with Crippen LogP contribution in [0.1, 0.15) is 277 Å². The van der Waals surface area contributed by atoms with E-state index in [-0.39, 0.29) is 32.2 Å². The number of unbranched alkanes of at least 4 members (excludes halogenated alkanes) is 34. The van der Waals surface area contributed by atoms with Crippen molar-refractivity contribution in [1.29, 1.82) is 0 Å². The Balaban J connectivity index is 4.03. The molecular formula is C61H114NO8+. The second kappa shape index (κ2) is 52.8. The van der Waals surface area contributed by atoms with Crippen LogP contribution in [0.15, 0.2) is 36.5 Å². The van der Waals surface area contributed by atoms with Crippen molar-refractivity contribution >= 4 is 17.9 Å². The number of hydrogen-bond acceptors (Lipinski definition) is 7. The molecule has 0 spiro atoms.